The summed E-state index contributed by atoms with van der Waals surface area (Å²) < 4.78 is 18.3. The number of methoxy groups -OCH3 is 2. The van der Waals surface area contributed by atoms with Crippen molar-refractivity contribution in [1.82, 2.24) is 4.57 Å². The molecule has 9 heteroatoms. The fraction of sp³-hybridized carbons (Fsp3) is 0.167. The van der Waals surface area contributed by atoms with Crippen molar-refractivity contribution in [1.29, 1.82) is 0 Å². The van der Waals surface area contributed by atoms with Crippen molar-refractivity contribution < 1.29 is 19.0 Å². The lowest BCUT2D eigenvalue weighted by atomic mass is 9.93. The van der Waals surface area contributed by atoms with Gasteiger partial charge in [0, 0.05) is 16.1 Å². The van der Waals surface area contributed by atoms with E-state index in [1.807, 2.05) is 42.5 Å². The van der Waals surface area contributed by atoms with Crippen LogP contribution in [-0.4, -0.2) is 31.4 Å². The first-order chi connectivity index (χ1) is 18.9. The number of esters is 1. The summed E-state index contributed by atoms with van der Waals surface area (Å²) in [7, 11) is 3.14. The molecule has 0 bridgehead atoms. The van der Waals surface area contributed by atoms with Crippen LogP contribution in [0.1, 0.15) is 29.7 Å². The van der Waals surface area contributed by atoms with E-state index < -0.39 is 12.0 Å². The molecule has 39 heavy (non-hydrogen) atoms. The van der Waals surface area contributed by atoms with E-state index in [4.69, 9.17) is 30.8 Å². The predicted octanol–water partition coefficient (Wildman–Crippen LogP) is 4.61. The Kier molecular flexibility index (Phi) is 7.67. The first kappa shape index (κ1) is 26.5. The predicted molar refractivity (Wildman–Crippen MR) is 152 cm³/mol. The molecule has 0 N–H and O–H groups in total. The van der Waals surface area contributed by atoms with Crippen molar-refractivity contribution in [2.75, 3.05) is 20.8 Å². The Morgan fingerprint density at radius 2 is 1.79 bits per heavy atom. The van der Waals surface area contributed by atoms with E-state index in [9.17, 15) is 9.59 Å². The Morgan fingerprint density at radius 1 is 1.05 bits per heavy atom. The van der Waals surface area contributed by atoms with Crippen molar-refractivity contribution >= 4 is 40.7 Å². The summed E-state index contributed by atoms with van der Waals surface area (Å²) in [4.78, 5) is 32.8. The van der Waals surface area contributed by atoms with Gasteiger partial charge in [-0.3, -0.25) is 9.36 Å². The molecular weight excluding hydrogens is 536 g/mol. The van der Waals surface area contributed by atoms with Gasteiger partial charge in [-0.15, -0.1) is 0 Å². The van der Waals surface area contributed by atoms with Crippen LogP contribution in [0.5, 0.6) is 11.5 Å². The van der Waals surface area contributed by atoms with Gasteiger partial charge < -0.3 is 14.2 Å². The zero-order chi connectivity index (χ0) is 27.5. The molecule has 0 saturated heterocycles. The van der Waals surface area contributed by atoms with Crippen LogP contribution in [0.3, 0.4) is 0 Å². The van der Waals surface area contributed by atoms with Crippen LogP contribution < -0.4 is 24.4 Å². The van der Waals surface area contributed by atoms with E-state index in [2.05, 4.69) is 0 Å². The third-order valence-electron chi connectivity index (χ3n) is 6.28. The van der Waals surface area contributed by atoms with Gasteiger partial charge in [0.1, 0.15) is 11.5 Å². The summed E-state index contributed by atoms with van der Waals surface area (Å²) in [5.74, 6) is 0.699. The standard InChI is InChI=1S/C30H25ClN2O5S/c1-4-38-29(35)25-26(18-8-6-5-7-9-18)32-30-33(27(25)19-10-13-22(36-2)14-11-19)28(34)24(39-30)17-20-16-21(31)12-15-23(20)37-3/h5-17,27H,4H2,1-3H3/b24-17-/t27-/m0/s1. The lowest BCUT2D eigenvalue weighted by Crippen LogP contribution is -2.40. The quantitative estimate of drug-likeness (QED) is 0.309. The molecule has 5 rings (SSSR count). The number of carbonyl (C=O) groups is 1. The first-order valence-corrected chi connectivity index (χ1v) is 13.4. The van der Waals surface area contributed by atoms with Crippen LogP contribution in [0, 0.1) is 0 Å². The Balaban J connectivity index is 1.83. The molecule has 1 aliphatic rings. The van der Waals surface area contributed by atoms with Crippen molar-refractivity contribution in [3.05, 3.63) is 120 Å². The van der Waals surface area contributed by atoms with E-state index in [-0.39, 0.29) is 17.7 Å². The molecule has 0 aliphatic carbocycles. The van der Waals surface area contributed by atoms with Gasteiger partial charge >= 0.3 is 5.97 Å². The lowest BCUT2D eigenvalue weighted by Gasteiger charge is -2.26. The molecular formula is C30H25ClN2O5S. The second kappa shape index (κ2) is 11.3. The fourth-order valence-corrected chi connectivity index (χ4v) is 5.67. The monoisotopic (exact) mass is 560 g/mol. The van der Waals surface area contributed by atoms with E-state index in [1.54, 1.807) is 62.1 Å². The fourth-order valence-electron chi connectivity index (χ4n) is 4.50. The molecule has 0 unspecified atom stereocenters. The van der Waals surface area contributed by atoms with Gasteiger partial charge in [-0.2, -0.15) is 0 Å². The molecule has 3 aromatic carbocycles. The minimum absolute atomic E-state index is 0.179. The molecule has 198 valence electrons. The second-order valence-corrected chi connectivity index (χ2v) is 10.0. The molecule has 1 aliphatic heterocycles. The topological polar surface area (TPSA) is 79.1 Å². The minimum Gasteiger partial charge on any atom is -0.497 e. The minimum atomic E-state index is -0.773. The molecule has 7 nitrogen and oxygen atoms in total. The number of fused-ring (bicyclic) bond motifs is 1. The molecule has 1 atom stereocenters. The highest BCUT2D eigenvalue weighted by Gasteiger charge is 2.35. The van der Waals surface area contributed by atoms with Gasteiger partial charge in [0.05, 0.1) is 42.7 Å². The highest BCUT2D eigenvalue weighted by Crippen LogP contribution is 2.35. The first-order valence-electron chi connectivity index (χ1n) is 12.2. The average molecular weight is 561 g/mol. The number of hydrogen-bond donors (Lipinski definition) is 0. The molecule has 1 aromatic heterocycles. The molecule has 0 radical (unpaired) electrons. The van der Waals surface area contributed by atoms with E-state index in [0.717, 1.165) is 11.1 Å². The normalized spacial score (nSPS) is 15.0. The van der Waals surface area contributed by atoms with Gasteiger partial charge in [-0.1, -0.05) is 65.4 Å². The van der Waals surface area contributed by atoms with Gasteiger partial charge in [0.25, 0.3) is 5.56 Å². The molecule has 0 fully saturated rings. The molecule has 0 spiro atoms. The van der Waals surface area contributed by atoms with Gasteiger partial charge in [-0.05, 0) is 48.9 Å². The number of ether oxygens (including phenoxy) is 3. The summed E-state index contributed by atoms with van der Waals surface area (Å²) in [6, 6.07) is 21.1. The van der Waals surface area contributed by atoms with Gasteiger partial charge in [0.2, 0.25) is 0 Å². The van der Waals surface area contributed by atoms with Crippen molar-refractivity contribution in [2.24, 2.45) is 4.99 Å². The van der Waals surface area contributed by atoms with Crippen LogP contribution in [0.2, 0.25) is 5.02 Å². The zero-order valence-corrected chi connectivity index (χ0v) is 23.1. The number of halogens is 1. The number of hydrogen-bond acceptors (Lipinski definition) is 7. The third kappa shape index (κ3) is 5.13. The smallest absolute Gasteiger partial charge is 0.338 e. The Labute approximate surface area is 233 Å². The van der Waals surface area contributed by atoms with Crippen molar-refractivity contribution in [3.8, 4) is 11.5 Å². The maximum atomic E-state index is 14.0. The summed E-state index contributed by atoms with van der Waals surface area (Å²) >= 11 is 7.47. The van der Waals surface area contributed by atoms with Gasteiger partial charge in [0.15, 0.2) is 4.80 Å². The van der Waals surface area contributed by atoms with E-state index in [1.165, 1.54) is 11.3 Å². The lowest BCUT2D eigenvalue weighted by molar-refractivity contribution is -0.138. The molecule has 0 saturated carbocycles. The van der Waals surface area contributed by atoms with Crippen LogP contribution in [0.15, 0.2) is 88.2 Å². The maximum absolute atomic E-state index is 14.0. The van der Waals surface area contributed by atoms with Crippen molar-refractivity contribution in [3.63, 3.8) is 0 Å². The second-order valence-electron chi connectivity index (χ2n) is 8.59. The summed E-state index contributed by atoms with van der Waals surface area (Å²) in [6.07, 6.45) is 1.73. The number of nitrogens with zero attached hydrogens (tertiary/aromatic N) is 2. The maximum Gasteiger partial charge on any atom is 0.338 e. The molecule has 4 aromatic rings. The van der Waals surface area contributed by atoms with Crippen LogP contribution in [-0.2, 0) is 9.53 Å². The number of aromatic nitrogens is 1. The SMILES string of the molecule is CCOC(=O)C1=C(c2ccccc2)N=c2s/c(=C\c3cc(Cl)ccc3OC)c(=O)n2[C@H]1c1ccc(OC)cc1. The van der Waals surface area contributed by atoms with Gasteiger partial charge in [-0.25, -0.2) is 9.79 Å². The van der Waals surface area contributed by atoms with E-state index in [0.29, 0.717) is 37.1 Å². The third-order valence-corrected chi connectivity index (χ3v) is 7.50. The number of benzene rings is 3. The zero-order valence-electron chi connectivity index (χ0n) is 21.5. The van der Waals surface area contributed by atoms with Crippen LogP contribution in [0.4, 0.5) is 0 Å². The number of rotatable bonds is 7. The Hall–Kier alpha value is -4.14. The Bertz CT molecular complexity index is 1740. The highest BCUT2D eigenvalue weighted by molar-refractivity contribution is 7.07. The Morgan fingerprint density at radius 3 is 2.46 bits per heavy atom. The summed E-state index contributed by atoms with van der Waals surface area (Å²) in [5.41, 5.74) is 2.57. The highest BCUT2D eigenvalue weighted by atomic mass is 35.5. The molecule has 2 heterocycles. The van der Waals surface area contributed by atoms with Crippen molar-refractivity contribution in [2.45, 2.75) is 13.0 Å². The summed E-state index contributed by atoms with van der Waals surface area (Å²) in [5, 5.41) is 0.516. The number of thiazole rings is 1. The molecule has 0 amide bonds. The average Bonchev–Trinajstić information content (AvgIpc) is 3.27. The number of carbonyl (C=O) groups excluding carboxylic acids is 1. The van der Waals surface area contributed by atoms with E-state index >= 15 is 0 Å². The largest absolute Gasteiger partial charge is 0.497 e. The summed E-state index contributed by atoms with van der Waals surface area (Å²) in [6.45, 7) is 1.93. The van der Waals surface area contributed by atoms with Crippen LogP contribution >= 0.6 is 22.9 Å². The van der Waals surface area contributed by atoms with Crippen LogP contribution in [0.25, 0.3) is 11.8 Å².